The number of anilines is 3. The van der Waals surface area contributed by atoms with Crippen LogP contribution in [0.25, 0.3) is 11.1 Å². The molecule has 2 aliphatic heterocycles. The van der Waals surface area contributed by atoms with E-state index in [1.54, 1.807) is 6.20 Å². The first-order chi connectivity index (χ1) is 12.1. The van der Waals surface area contributed by atoms with Crippen molar-refractivity contribution in [1.82, 2.24) is 9.97 Å². The number of benzene rings is 1. The minimum Gasteiger partial charge on any atom is -0.383 e. The van der Waals surface area contributed by atoms with Gasteiger partial charge in [-0.25, -0.2) is 4.98 Å². The number of hydrogen-bond donors (Lipinski definition) is 2. The van der Waals surface area contributed by atoms with Crippen LogP contribution in [0.4, 0.5) is 17.5 Å². The number of aryl methyl sites for hydroxylation is 1. The smallest absolute Gasteiger partial charge is 0.221 e. The topological polar surface area (TPSA) is 90.3 Å². The molecular weight excluding hydrogens is 314 g/mol. The quantitative estimate of drug-likeness (QED) is 0.874. The summed E-state index contributed by atoms with van der Waals surface area (Å²) in [5.41, 5.74) is 16.4. The van der Waals surface area contributed by atoms with Gasteiger partial charge in [0.25, 0.3) is 0 Å². The highest BCUT2D eigenvalue weighted by Gasteiger charge is 2.38. The van der Waals surface area contributed by atoms with Gasteiger partial charge in [-0.15, -0.1) is 0 Å². The monoisotopic (exact) mass is 339 g/mol. The summed E-state index contributed by atoms with van der Waals surface area (Å²) in [5.74, 6) is 0.619. The molecule has 0 atom stereocenters. The highest BCUT2D eigenvalue weighted by atomic mass is 16.5. The molecule has 2 aromatic rings. The van der Waals surface area contributed by atoms with Crippen LogP contribution in [0.15, 0.2) is 24.4 Å². The van der Waals surface area contributed by atoms with Gasteiger partial charge in [0.15, 0.2) is 0 Å². The first kappa shape index (κ1) is 16.1. The fourth-order valence-corrected chi connectivity index (χ4v) is 4.08. The Hall–Kier alpha value is -2.34. The summed E-state index contributed by atoms with van der Waals surface area (Å²) in [5, 5.41) is 0. The number of aromatic nitrogens is 2. The van der Waals surface area contributed by atoms with Gasteiger partial charge in [-0.1, -0.05) is 6.07 Å². The molecule has 1 spiro atoms. The Morgan fingerprint density at radius 1 is 1.16 bits per heavy atom. The lowest BCUT2D eigenvalue weighted by molar-refractivity contribution is 0.134. The SMILES string of the molecule is Cc1cc(-c2cnc(N)nc2N)ccc1N1CCC2(CCOC2)CC1. The zero-order valence-electron chi connectivity index (χ0n) is 14.7. The third-order valence-electron chi connectivity index (χ3n) is 5.69. The second kappa shape index (κ2) is 6.19. The average molecular weight is 339 g/mol. The van der Waals surface area contributed by atoms with Crippen LogP contribution in [0.1, 0.15) is 24.8 Å². The molecule has 4 N–H and O–H groups in total. The Morgan fingerprint density at radius 3 is 2.60 bits per heavy atom. The van der Waals surface area contributed by atoms with Crippen LogP contribution in [0.3, 0.4) is 0 Å². The molecule has 25 heavy (non-hydrogen) atoms. The highest BCUT2D eigenvalue weighted by Crippen LogP contribution is 2.41. The van der Waals surface area contributed by atoms with E-state index >= 15 is 0 Å². The Morgan fingerprint density at radius 2 is 1.96 bits per heavy atom. The summed E-state index contributed by atoms with van der Waals surface area (Å²) >= 11 is 0. The van der Waals surface area contributed by atoms with Crippen LogP contribution >= 0.6 is 0 Å². The third-order valence-corrected chi connectivity index (χ3v) is 5.69. The molecule has 4 rings (SSSR count). The largest absolute Gasteiger partial charge is 0.383 e. The molecule has 0 bridgehead atoms. The highest BCUT2D eigenvalue weighted by molar-refractivity contribution is 5.76. The van der Waals surface area contributed by atoms with Gasteiger partial charge in [0, 0.05) is 37.1 Å². The molecule has 0 radical (unpaired) electrons. The number of rotatable bonds is 2. The van der Waals surface area contributed by atoms with E-state index in [0.717, 1.165) is 37.4 Å². The van der Waals surface area contributed by atoms with E-state index in [0.29, 0.717) is 11.2 Å². The first-order valence-corrected chi connectivity index (χ1v) is 8.88. The first-order valence-electron chi connectivity index (χ1n) is 8.88. The van der Waals surface area contributed by atoms with Crippen LogP contribution in [0, 0.1) is 12.3 Å². The molecule has 0 aliphatic carbocycles. The van der Waals surface area contributed by atoms with Crippen molar-refractivity contribution in [2.75, 3.05) is 42.7 Å². The molecule has 2 aliphatic rings. The maximum atomic E-state index is 6.00. The van der Waals surface area contributed by atoms with Crippen molar-refractivity contribution in [1.29, 1.82) is 0 Å². The number of nitrogen functional groups attached to an aromatic ring is 2. The predicted octanol–water partition coefficient (Wildman–Crippen LogP) is 2.62. The van der Waals surface area contributed by atoms with Crippen molar-refractivity contribution < 1.29 is 4.74 Å². The molecule has 132 valence electrons. The van der Waals surface area contributed by atoms with Gasteiger partial charge >= 0.3 is 0 Å². The van der Waals surface area contributed by atoms with Gasteiger partial charge in [0.2, 0.25) is 5.95 Å². The lowest BCUT2D eigenvalue weighted by Crippen LogP contribution is -2.40. The summed E-state index contributed by atoms with van der Waals surface area (Å²) in [6.07, 6.45) is 5.34. The standard InChI is InChI=1S/C19H25N5O/c1-13-10-14(15-11-22-18(21)23-17(15)20)2-3-16(13)24-7-4-19(5-8-24)6-9-25-12-19/h2-3,10-11H,4-9,12H2,1H3,(H4,20,21,22,23). The zero-order valence-corrected chi connectivity index (χ0v) is 14.7. The summed E-state index contributed by atoms with van der Waals surface area (Å²) in [6.45, 7) is 6.21. The molecule has 1 aromatic heterocycles. The molecule has 0 amide bonds. The summed E-state index contributed by atoms with van der Waals surface area (Å²) < 4.78 is 5.64. The maximum Gasteiger partial charge on any atom is 0.221 e. The predicted molar refractivity (Wildman–Crippen MR) is 100 cm³/mol. The van der Waals surface area contributed by atoms with Crippen molar-refractivity contribution in [3.8, 4) is 11.1 Å². The molecule has 3 heterocycles. The number of piperidine rings is 1. The molecule has 0 unspecified atom stereocenters. The van der Waals surface area contributed by atoms with Crippen molar-refractivity contribution in [2.24, 2.45) is 5.41 Å². The number of ether oxygens (including phenoxy) is 1. The minimum absolute atomic E-state index is 0.202. The van der Waals surface area contributed by atoms with Crippen LogP contribution in [-0.2, 0) is 4.74 Å². The zero-order chi connectivity index (χ0) is 17.4. The molecule has 0 saturated carbocycles. The van der Waals surface area contributed by atoms with Crippen molar-refractivity contribution in [2.45, 2.75) is 26.2 Å². The number of nitrogens with two attached hydrogens (primary N) is 2. The molecule has 2 fully saturated rings. The molecular formula is C19H25N5O. The summed E-state index contributed by atoms with van der Waals surface area (Å²) in [7, 11) is 0. The van der Waals surface area contributed by atoms with Crippen molar-refractivity contribution >= 4 is 17.5 Å². The van der Waals surface area contributed by atoms with E-state index in [1.807, 2.05) is 0 Å². The second-order valence-corrected chi connectivity index (χ2v) is 7.32. The second-order valence-electron chi connectivity index (χ2n) is 7.32. The normalized spacial score (nSPS) is 19.5. The fraction of sp³-hybridized carbons (Fsp3) is 0.474. The van der Waals surface area contributed by atoms with Gasteiger partial charge < -0.3 is 21.1 Å². The number of hydrogen-bond acceptors (Lipinski definition) is 6. The molecule has 2 saturated heterocycles. The van der Waals surface area contributed by atoms with E-state index in [1.165, 1.54) is 30.5 Å². The van der Waals surface area contributed by atoms with Gasteiger partial charge in [-0.2, -0.15) is 4.98 Å². The molecule has 6 heteroatoms. The van der Waals surface area contributed by atoms with E-state index in [4.69, 9.17) is 16.2 Å². The Bertz CT molecular complexity index is 775. The third kappa shape index (κ3) is 3.02. The lowest BCUT2D eigenvalue weighted by atomic mass is 9.78. The van der Waals surface area contributed by atoms with Crippen LogP contribution in [-0.4, -0.2) is 36.3 Å². The van der Waals surface area contributed by atoms with E-state index in [-0.39, 0.29) is 5.95 Å². The Balaban J connectivity index is 1.54. The minimum atomic E-state index is 0.202. The van der Waals surface area contributed by atoms with E-state index in [2.05, 4.69) is 40.0 Å². The van der Waals surface area contributed by atoms with Crippen molar-refractivity contribution in [3.05, 3.63) is 30.0 Å². The van der Waals surface area contributed by atoms with Gasteiger partial charge in [-0.3, -0.25) is 0 Å². The van der Waals surface area contributed by atoms with E-state index in [9.17, 15) is 0 Å². The Labute approximate surface area is 148 Å². The van der Waals surface area contributed by atoms with Gasteiger partial charge in [0.05, 0.1) is 6.61 Å². The number of nitrogens with zero attached hydrogens (tertiary/aromatic N) is 3. The van der Waals surface area contributed by atoms with Gasteiger partial charge in [-0.05, 0) is 54.9 Å². The van der Waals surface area contributed by atoms with Crippen LogP contribution < -0.4 is 16.4 Å². The van der Waals surface area contributed by atoms with Crippen LogP contribution in [0.5, 0.6) is 0 Å². The fourth-order valence-electron chi connectivity index (χ4n) is 4.08. The molecule has 6 nitrogen and oxygen atoms in total. The van der Waals surface area contributed by atoms with Crippen LogP contribution in [0.2, 0.25) is 0 Å². The van der Waals surface area contributed by atoms with E-state index < -0.39 is 0 Å². The average Bonchev–Trinajstić information content (AvgIpc) is 3.04. The lowest BCUT2D eigenvalue weighted by Gasteiger charge is -2.40. The summed E-state index contributed by atoms with van der Waals surface area (Å²) in [4.78, 5) is 10.6. The van der Waals surface area contributed by atoms with Gasteiger partial charge in [0.1, 0.15) is 5.82 Å². The maximum absolute atomic E-state index is 6.00. The van der Waals surface area contributed by atoms with Crippen molar-refractivity contribution in [3.63, 3.8) is 0 Å². The summed E-state index contributed by atoms with van der Waals surface area (Å²) in [6, 6.07) is 6.43. The Kier molecular flexibility index (Phi) is 4.00. The molecule has 1 aromatic carbocycles.